The molecule has 1 fully saturated rings. The molecule has 3 heterocycles. The maximum Gasteiger partial charge on any atom is 0.274 e. The van der Waals surface area contributed by atoms with E-state index in [1.165, 1.54) is 43.4 Å². The summed E-state index contributed by atoms with van der Waals surface area (Å²) < 4.78 is 2.13. The van der Waals surface area contributed by atoms with Crippen LogP contribution in [0.3, 0.4) is 0 Å². The number of carbonyl (C=O) groups excluding carboxylic acids is 1. The molecule has 0 atom stereocenters. The molecule has 0 aliphatic carbocycles. The van der Waals surface area contributed by atoms with Gasteiger partial charge >= 0.3 is 0 Å². The van der Waals surface area contributed by atoms with Crippen molar-refractivity contribution in [2.45, 2.75) is 39.2 Å². The molecule has 30 heavy (non-hydrogen) atoms. The minimum absolute atomic E-state index is 0.431. The molecule has 1 aliphatic heterocycles. The maximum atomic E-state index is 11.5. The number of pyridine rings is 1. The van der Waals surface area contributed by atoms with Crippen LogP contribution in [-0.4, -0.2) is 45.2 Å². The number of hydrogen-bond acceptors (Lipinski definition) is 4. The number of benzene rings is 1. The number of rotatable bonds is 6. The summed E-state index contributed by atoms with van der Waals surface area (Å²) in [6.07, 6.45) is 6.53. The normalized spacial score (nSPS) is 15.7. The maximum absolute atomic E-state index is 11.5. The van der Waals surface area contributed by atoms with Gasteiger partial charge in [-0.15, -0.1) is 0 Å². The second-order valence-electron chi connectivity index (χ2n) is 8.73. The standard InChI is InChI=1S/C24H30N4O2/c1-17(2)15-27-10-7-19(8-11-27)22-13-21-9-12-28(23(21)25-14-22)16-18-3-5-20(6-4-18)24(29)26-30/h3-6,9,12-14,17,19,30H,7-8,10-11,15-16H2,1-2H3,(H,26,29). The minimum atomic E-state index is -0.503. The molecule has 2 N–H and O–H groups in total. The van der Waals surface area contributed by atoms with Crippen LogP contribution in [-0.2, 0) is 6.54 Å². The zero-order chi connectivity index (χ0) is 21.1. The Morgan fingerprint density at radius 1 is 1.20 bits per heavy atom. The van der Waals surface area contributed by atoms with Crippen LogP contribution >= 0.6 is 0 Å². The number of nitrogens with zero attached hydrogens (tertiary/aromatic N) is 3. The largest absolute Gasteiger partial charge is 0.328 e. The smallest absolute Gasteiger partial charge is 0.274 e. The Morgan fingerprint density at radius 3 is 2.60 bits per heavy atom. The number of amides is 1. The minimum Gasteiger partial charge on any atom is -0.328 e. The van der Waals surface area contributed by atoms with E-state index in [2.05, 4.69) is 47.8 Å². The summed E-state index contributed by atoms with van der Waals surface area (Å²) in [4.78, 5) is 18.8. The van der Waals surface area contributed by atoms with E-state index in [-0.39, 0.29) is 0 Å². The van der Waals surface area contributed by atoms with Crippen LogP contribution < -0.4 is 5.48 Å². The lowest BCUT2D eigenvalue weighted by atomic mass is 9.90. The first kappa shape index (κ1) is 20.6. The molecule has 0 unspecified atom stereocenters. The Kier molecular flexibility index (Phi) is 6.16. The Hall–Kier alpha value is -2.70. The molecule has 6 nitrogen and oxygen atoms in total. The average Bonchev–Trinajstić information content (AvgIpc) is 3.16. The summed E-state index contributed by atoms with van der Waals surface area (Å²) in [7, 11) is 0. The van der Waals surface area contributed by atoms with E-state index >= 15 is 0 Å². The average molecular weight is 407 g/mol. The van der Waals surface area contributed by atoms with Crippen LogP contribution in [0.25, 0.3) is 11.0 Å². The lowest BCUT2D eigenvalue weighted by Crippen LogP contribution is -2.35. The Morgan fingerprint density at radius 2 is 1.93 bits per heavy atom. The highest BCUT2D eigenvalue weighted by molar-refractivity contribution is 5.93. The summed E-state index contributed by atoms with van der Waals surface area (Å²) >= 11 is 0. The van der Waals surface area contributed by atoms with Crippen LogP contribution in [0, 0.1) is 5.92 Å². The van der Waals surface area contributed by atoms with Gasteiger partial charge in [0, 0.05) is 36.4 Å². The first-order valence-electron chi connectivity index (χ1n) is 10.7. The third kappa shape index (κ3) is 4.55. The summed E-state index contributed by atoms with van der Waals surface area (Å²) in [6.45, 7) is 8.80. The van der Waals surface area contributed by atoms with Crippen molar-refractivity contribution in [2.75, 3.05) is 19.6 Å². The highest BCUT2D eigenvalue weighted by Crippen LogP contribution is 2.30. The van der Waals surface area contributed by atoms with Gasteiger partial charge in [0.25, 0.3) is 5.91 Å². The SMILES string of the molecule is CC(C)CN1CCC(c2cnc3c(ccn3Cc3ccc(C(=O)NO)cc3)c2)CC1. The molecule has 158 valence electrons. The van der Waals surface area contributed by atoms with Gasteiger partial charge in [-0.05, 0) is 73.2 Å². The van der Waals surface area contributed by atoms with Crippen LogP contribution in [0.4, 0.5) is 0 Å². The number of fused-ring (bicyclic) bond motifs is 1. The molecule has 0 radical (unpaired) electrons. The first-order chi connectivity index (χ1) is 14.5. The van der Waals surface area contributed by atoms with E-state index in [4.69, 9.17) is 10.2 Å². The zero-order valence-corrected chi connectivity index (χ0v) is 17.7. The van der Waals surface area contributed by atoms with E-state index in [1.54, 1.807) is 17.6 Å². The number of nitrogens with one attached hydrogen (secondary N) is 1. The number of hydrogen-bond donors (Lipinski definition) is 2. The van der Waals surface area contributed by atoms with E-state index in [1.807, 2.05) is 12.1 Å². The fourth-order valence-electron chi connectivity index (χ4n) is 4.43. The second kappa shape index (κ2) is 8.98. The molecule has 1 aliphatic rings. The van der Waals surface area contributed by atoms with Crippen LogP contribution in [0.5, 0.6) is 0 Å². The molecule has 0 spiro atoms. The van der Waals surface area contributed by atoms with Crippen molar-refractivity contribution < 1.29 is 10.0 Å². The summed E-state index contributed by atoms with van der Waals surface area (Å²) in [5.41, 5.74) is 5.49. The van der Waals surface area contributed by atoms with Crippen molar-refractivity contribution in [3.63, 3.8) is 0 Å². The van der Waals surface area contributed by atoms with E-state index < -0.39 is 5.91 Å². The van der Waals surface area contributed by atoms with Gasteiger partial charge in [0.1, 0.15) is 5.65 Å². The van der Waals surface area contributed by atoms with Crippen molar-refractivity contribution in [1.29, 1.82) is 0 Å². The molecule has 1 saturated heterocycles. The summed E-state index contributed by atoms with van der Waals surface area (Å²) in [5, 5.41) is 9.91. The molecule has 1 amide bonds. The quantitative estimate of drug-likeness (QED) is 0.479. The third-order valence-corrected chi connectivity index (χ3v) is 5.98. The van der Waals surface area contributed by atoms with Crippen LogP contribution in [0.15, 0.2) is 48.8 Å². The van der Waals surface area contributed by atoms with Crippen molar-refractivity contribution in [1.82, 2.24) is 19.9 Å². The first-order valence-corrected chi connectivity index (χ1v) is 10.7. The molecular formula is C24H30N4O2. The van der Waals surface area contributed by atoms with Crippen molar-refractivity contribution in [2.24, 2.45) is 5.92 Å². The van der Waals surface area contributed by atoms with E-state index in [0.717, 1.165) is 17.1 Å². The Labute approximate surface area is 177 Å². The predicted molar refractivity (Wildman–Crippen MR) is 118 cm³/mol. The lowest BCUT2D eigenvalue weighted by Gasteiger charge is -2.33. The number of likely N-dealkylation sites (tertiary alicyclic amines) is 1. The summed E-state index contributed by atoms with van der Waals surface area (Å²) in [5.74, 6) is 0.818. The number of aromatic nitrogens is 2. The topological polar surface area (TPSA) is 70.4 Å². The third-order valence-electron chi connectivity index (χ3n) is 5.98. The Balaban J connectivity index is 1.44. The van der Waals surface area contributed by atoms with Gasteiger partial charge in [-0.3, -0.25) is 10.0 Å². The van der Waals surface area contributed by atoms with Gasteiger partial charge in [-0.2, -0.15) is 0 Å². The van der Waals surface area contributed by atoms with Crippen molar-refractivity contribution in [3.05, 3.63) is 65.5 Å². The van der Waals surface area contributed by atoms with Crippen LogP contribution in [0.2, 0.25) is 0 Å². The molecule has 2 aromatic heterocycles. The second-order valence-corrected chi connectivity index (χ2v) is 8.73. The van der Waals surface area contributed by atoms with Crippen molar-refractivity contribution >= 4 is 16.9 Å². The molecule has 3 aromatic rings. The highest BCUT2D eigenvalue weighted by Gasteiger charge is 2.21. The van der Waals surface area contributed by atoms with Crippen molar-refractivity contribution in [3.8, 4) is 0 Å². The molecular weight excluding hydrogens is 376 g/mol. The number of hydroxylamine groups is 1. The molecule has 6 heteroatoms. The Bertz CT molecular complexity index is 1000. The van der Waals surface area contributed by atoms with Gasteiger partial charge in [-0.25, -0.2) is 10.5 Å². The molecule has 1 aromatic carbocycles. The lowest BCUT2D eigenvalue weighted by molar-refractivity contribution is 0.0706. The van der Waals surface area contributed by atoms with Gasteiger partial charge in [-0.1, -0.05) is 26.0 Å². The highest BCUT2D eigenvalue weighted by atomic mass is 16.5. The van der Waals surface area contributed by atoms with Gasteiger partial charge in [0.15, 0.2) is 0 Å². The number of piperidine rings is 1. The van der Waals surface area contributed by atoms with Gasteiger partial charge in [0.2, 0.25) is 0 Å². The van der Waals surface area contributed by atoms with Gasteiger partial charge < -0.3 is 9.47 Å². The predicted octanol–water partition coefficient (Wildman–Crippen LogP) is 4.04. The molecule has 4 rings (SSSR count). The monoisotopic (exact) mass is 406 g/mol. The molecule has 0 saturated carbocycles. The molecule has 0 bridgehead atoms. The van der Waals surface area contributed by atoms with E-state index in [9.17, 15) is 4.79 Å². The van der Waals surface area contributed by atoms with Crippen LogP contribution in [0.1, 0.15) is 54.1 Å². The zero-order valence-electron chi connectivity index (χ0n) is 17.7. The number of carbonyl (C=O) groups is 1. The fourth-order valence-corrected chi connectivity index (χ4v) is 4.43. The summed E-state index contributed by atoms with van der Waals surface area (Å²) in [6, 6.07) is 11.7. The fraction of sp³-hybridized carbons (Fsp3) is 0.417. The van der Waals surface area contributed by atoms with E-state index in [0.29, 0.717) is 18.0 Å². The van der Waals surface area contributed by atoms with Gasteiger partial charge in [0.05, 0.1) is 0 Å².